The second-order valence-electron chi connectivity index (χ2n) is 4.91. The van der Waals surface area contributed by atoms with Crippen molar-refractivity contribution in [1.29, 1.82) is 0 Å². The number of anilines is 1. The van der Waals surface area contributed by atoms with Crippen LogP contribution in [0.5, 0.6) is 0 Å². The molecule has 0 spiro atoms. The fourth-order valence-corrected chi connectivity index (χ4v) is 3.64. The van der Waals surface area contributed by atoms with Crippen molar-refractivity contribution in [3.05, 3.63) is 24.3 Å². The number of aromatic nitrogens is 1. The molecular formula is C14H19N3OS. The van der Waals surface area contributed by atoms with Crippen LogP contribution in [-0.4, -0.2) is 44.4 Å². The number of nitrogens with one attached hydrogen (secondary N) is 1. The van der Waals surface area contributed by atoms with Crippen LogP contribution < -0.4 is 10.2 Å². The predicted molar refractivity (Wildman–Crippen MR) is 80.1 cm³/mol. The van der Waals surface area contributed by atoms with E-state index in [1.54, 1.807) is 18.4 Å². The van der Waals surface area contributed by atoms with Crippen LogP contribution in [-0.2, 0) is 4.74 Å². The molecule has 1 aliphatic rings. The summed E-state index contributed by atoms with van der Waals surface area (Å²) in [5.41, 5.74) is 1.08. The summed E-state index contributed by atoms with van der Waals surface area (Å²) in [7, 11) is 3.91. The van der Waals surface area contributed by atoms with E-state index in [4.69, 9.17) is 9.72 Å². The normalized spacial score (nSPS) is 23.7. The number of methoxy groups -OCH3 is 1. The van der Waals surface area contributed by atoms with Gasteiger partial charge in [-0.2, -0.15) is 0 Å². The predicted octanol–water partition coefficient (Wildman–Crippen LogP) is 2.11. The average Bonchev–Trinajstić information content (AvgIpc) is 2.90. The number of rotatable bonds is 3. The Morgan fingerprint density at radius 3 is 3.05 bits per heavy atom. The maximum Gasteiger partial charge on any atom is 0.186 e. The zero-order valence-electron chi connectivity index (χ0n) is 11.3. The molecule has 0 saturated carbocycles. The van der Waals surface area contributed by atoms with Crippen LogP contribution in [0.3, 0.4) is 0 Å². The molecule has 1 aromatic heterocycles. The number of benzene rings is 1. The molecule has 1 N–H and O–H groups in total. The second kappa shape index (κ2) is 5.45. The monoisotopic (exact) mass is 277 g/mol. The van der Waals surface area contributed by atoms with Crippen molar-refractivity contribution in [2.45, 2.75) is 18.6 Å². The van der Waals surface area contributed by atoms with Gasteiger partial charge in [-0.05, 0) is 25.1 Å². The van der Waals surface area contributed by atoms with E-state index in [1.807, 2.05) is 6.07 Å². The lowest BCUT2D eigenvalue weighted by molar-refractivity contribution is 0.0630. The summed E-state index contributed by atoms with van der Waals surface area (Å²) in [6.07, 6.45) is 1.32. The van der Waals surface area contributed by atoms with Gasteiger partial charge in [0.1, 0.15) is 0 Å². The van der Waals surface area contributed by atoms with Gasteiger partial charge in [-0.25, -0.2) is 4.98 Å². The lowest BCUT2D eigenvalue weighted by atomic mass is 10.0. The number of piperidine rings is 1. The Hall–Kier alpha value is -1.17. The van der Waals surface area contributed by atoms with Crippen molar-refractivity contribution in [3.63, 3.8) is 0 Å². The molecule has 2 aromatic rings. The summed E-state index contributed by atoms with van der Waals surface area (Å²) >= 11 is 1.75. The molecule has 19 heavy (non-hydrogen) atoms. The van der Waals surface area contributed by atoms with Crippen molar-refractivity contribution in [1.82, 2.24) is 10.3 Å². The van der Waals surface area contributed by atoms with E-state index in [1.165, 1.54) is 4.70 Å². The highest BCUT2D eigenvalue weighted by Crippen LogP contribution is 2.30. The van der Waals surface area contributed by atoms with Gasteiger partial charge in [-0.15, -0.1) is 0 Å². The number of thiazole rings is 1. The average molecular weight is 277 g/mol. The summed E-state index contributed by atoms with van der Waals surface area (Å²) in [5, 5.41) is 4.46. The number of para-hydroxylation sites is 1. The number of hydrogen-bond acceptors (Lipinski definition) is 5. The van der Waals surface area contributed by atoms with E-state index in [0.717, 1.165) is 30.2 Å². The summed E-state index contributed by atoms with van der Waals surface area (Å²) in [4.78, 5) is 7.00. The molecule has 1 saturated heterocycles. The topological polar surface area (TPSA) is 37.4 Å². The Labute approximate surface area is 117 Å². The molecule has 0 amide bonds. The molecule has 2 atom stereocenters. The minimum absolute atomic E-state index is 0.228. The first-order chi connectivity index (χ1) is 9.29. The first-order valence-corrected chi connectivity index (χ1v) is 7.43. The lowest BCUT2D eigenvalue weighted by Gasteiger charge is -2.37. The standard InChI is InChI=1S/C14H19N3OS/c1-17(11-7-8-15-9-12(11)18-2)14-16-10-5-3-4-6-13(10)19-14/h3-6,11-12,15H,7-9H2,1-2H3. The lowest BCUT2D eigenvalue weighted by Crippen LogP contribution is -2.52. The zero-order chi connectivity index (χ0) is 13.2. The summed E-state index contributed by atoms with van der Waals surface area (Å²) in [6, 6.07) is 8.69. The summed E-state index contributed by atoms with van der Waals surface area (Å²) in [6.45, 7) is 1.95. The van der Waals surface area contributed by atoms with E-state index < -0.39 is 0 Å². The van der Waals surface area contributed by atoms with E-state index in [2.05, 4.69) is 35.5 Å². The fraction of sp³-hybridized carbons (Fsp3) is 0.500. The van der Waals surface area contributed by atoms with Crippen LogP contribution in [0.1, 0.15) is 6.42 Å². The van der Waals surface area contributed by atoms with Crippen LogP contribution in [0.4, 0.5) is 5.13 Å². The van der Waals surface area contributed by atoms with Gasteiger partial charge in [0.05, 0.1) is 22.4 Å². The number of likely N-dealkylation sites (N-methyl/N-ethyl adjacent to an activating group) is 1. The van der Waals surface area contributed by atoms with Crippen molar-refractivity contribution < 1.29 is 4.74 Å². The van der Waals surface area contributed by atoms with Gasteiger partial charge in [0, 0.05) is 20.7 Å². The Kier molecular flexibility index (Phi) is 3.68. The van der Waals surface area contributed by atoms with Gasteiger partial charge in [0.2, 0.25) is 0 Å². The first kappa shape index (κ1) is 12.8. The minimum Gasteiger partial charge on any atom is -0.378 e. The van der Waals surface area contributed by atoms with Crippen molar-refractivity contribution in [2.24, 2.45) is 0 Å². The third kappa shape index (κ3) is 2.45. The zero-order valence-corrected chi connectivity index (χ0v) is 12.1. The third-order valence-electron chi connectivity index (χ3n) is 3.78. The largest absolute Gasteiger partial charge is 0.378 e. The van der Waals surface area contributed by atoms with Gasteiger partial charge in [-0.3, -0.25) is 0 Å². The maximum atomic E-state index is 5.59. The van der Waals surface area contributed by atoms with E-state index in [9.17, 15) is 0 Å². The first-order valence-electron chi connectivity index (χ1n) is 6.61. The van der Waals surface area contributed by atoms with Crippen LogP contribution in [0.15, 0.2) is 24.3 Å². The highest BCUT2D eigenvalue weighted by molar-refractivity contribution is 7.22. The Morgan fingerprint density at radius 2 is 2.26 bits per heavy atom. The summed E-state index contributed by atoms with van der Waals surface area (Å²) < 4.78 is 6.84. The van der Waals surface area contributed by atoms with Gasteiger partial charge < -0.3 is 15.0 Å². The van der Waals surface area contributed by atoms with Crippen LogP contribution in [0.25, 0.3) is 10.2 Å². The highest BCUT2D eigenvalue weighted by atomic mass is 32.1. The Morgan fingerprint density at radius 1 is 1.42 bits per heavy atom. The molecule has 5 heteroatoms. The molecule has 2 unspecified atom stereocenters. The maximum absolute atomic E-state index is 5.59. The molecule has 4 nitrogen and oxygen atoms in total. The second-order valence-corrected chi connectivity index (χ2v) is 5.92. The minimum atomic E-state index is 0.228. The molecule has 3 rings (SSSR count). The van der Waals surface area contributed by atoms with Gasteiger partial charge >= 0.3 is 0 Å². The Bertz CT molecular complexity index is 523. The van der Waals surface area contributed by atoms with Crippen molar-refractivity contribution >= 4 is 26.7 Å². The SMILES string of the molecule is COC1CNCCC1N(C)c1nc2ccccc2s1. The third-order valence-corrected chi connectivity index (χ3v) is 4.90. The van der Waals surface area contributed by atoms with E-state index in [0.29, 0.717) is 6.04 Å². The molecule has 1 aromatic carbocycles. The number of fused-ring (bicyclic) bond motifs is 1. The molecular weight excluding hydrogens is 258 g/mol. The number of ether oxygens (including phenoxy) is 1. The molecule has 2 heterocycles. The van der Waals surface area contributed by atoms with Crippen LogP contribution in [0.2, 0.25) is 0 Å². The summed E-state index contributed by atoms with van der Waals surface area (Å²) in [5.74, 6) is 0. The quantitative estimate of drug-likeness (QED) is 0.932. The number of nitrogens with zero attached hydrogens (tertiary/aromatic N) is 2. The highest BCUT2D eigenvalue weighted by Gasteiger charge is 2.29. The van der Waals surface area contributed by atoms with Gasteiger partial charge in [-0.1, -0.05) is 23.5 Å². The smallest absolute Gasteiger partial charge is 0.186 e. The van der Waals surface area contributed by atoms with Crippen LogP contribution in [0, 0.1) is 0 Å². The molecule has 1 aliphatic heterocycles. The Balaban J connectivity index is 1.87. The van der Waals surface area contributed by atoms with Crippen LogP contribution >= 0.6 is 11.3 Å². The van der Waals surface area contributed by atoms with Gasteiger partial charge in [0.25, 0.3) is 0 Å². The van der Waals surface area contributed by atoms with Gasteiger partial charge in [0.15, 0.2) is 5.13 Å². The number of hydrogen-bond donors (Lipinski definition) is 1. The van der Waals surface area contributed by atoms with Crippen molar-refractivity contribution in [2.75, 3.05) is 32.1 Å². The molecule has 102 valence electrons. The molecule has 0 bridgehead atoms. The molecule has 0 aliphatic carbocycles. The van der Waals surface area contributed by atoms with E-state index in [-0.39, 0.29) is 6.10 Å². The molecule has 1 fully saturated rings. The van der Waals surface area contributed by atoms with Crippen molar-refractivity contribution in [3.8, 4) is 0 Å². The molecule has 0 radical (unpaired) electrons. The van der Waals surface area contributed by atoms with E-state index >= 15 is 0 Å². The fourth-order valence-electron chi connectivity index (χ4n) is 2.65.